The third-order valence-corrected chi connectivity index (χ3v) is 7.46. The summed E-state index contributed by atoms with van der Waals surface area (Å²) in [5.74, 6) is -0.0598. The van der Waals surface area contributed by atoms with Crippen molar-refractivity contribution in [3.05, 3.63) is 100 Å². The van der Waals surface area contributed by atoms with Gasteiger partial charge in [0.2, 0.25) is 0 Å². The Hall–Kier alpha value is -4.11. The van der Waals surface area contributed by atoms with Crippen molar-refractivity contribution in [1.82, 2.24) is 9.80 Å². The number of amides is 3. The molecule has 0 N–H and O–H groups in total. The molecule has 194 valence electrons. The zero-order valence-electron chi connectivity index (χ0n) is 20.8. The molecular formula is C29H26FN3O4S. The number of piperazine rings is 1. The first-order chi connectivity index (χ1) is 18.4. The molecule has 0 saturated carbocycles. The SMILES string of the molecule is COc1ccccc1N1CCN(C(=O)c2cccc(C=C3SC(=O)N(Cc4ccc(F)cc4)C3=O)c2)CC1. The molecule has 3 aromatic rings. The van der Waals surface area contributed by atoms with Crippen LogP contribution in [0.25, 0.3) is 6.08 Å². The summed E-state index contributed by atoms with van der Waals surface area (Å²) >= 11 is 0.856. The number of para-hydroxylation sites is 2. The third kappa shape index (κ3) is 5.43. The number of rotatable bonds is 6. The molecule has 0 bridgehead atoms. The van der Waals surface area contributed by atoms with Gasteiger partial charge in [-0.05, 0) is 65.4 Å². The molecule has 0 aliphatic carbocycles. The summed E-state index contributed by atoms with van der Waals surface area (Å²) in [6, 6.07) is 20.6. The third-order valence-electron chi connectivity index (χ3n) is 6.55. The summed E-state index contributed by atoms with van der Waals surface area (Å²) in [7, 11) is 1.65. The number of ether oxygens (including phenoxy) is 1. The van der Waals surface area contributed by atoms with Crippen molar-refractivity contribution in [3.63, 3.8) is 0 Å². The van der Waals surface area contributed by atoms with Crippen LogP contribution in [0.4, 0.5) is 14.9 Å². The van der Waals surface area contributed by atoms with Crippen LogP contribution in [0.1, 0.15) is 21.5 Å². The first-order valence-electron chi connectivity index (χ1n) is 12.2. The molecule has 0 spiro atoms. The van der Waals surface area contributed by atoms with Crippen LogP contribution in [-0.2, 0) is 11.3 Å². The first-order valence-corrected chi connectivity index (χ1v) is 13.0. The number of nitrogens with zero attached hydrogens (tertiary/aromatic N) is 3. The maximum atomic E-state index is 13.3. The number of hydrogen-bond donors (Lipinski definition) is 0. The maximum absolute atomic E-state index is 13.3. The Morgan fingerprint density at radius 1 is 0.974 bits per heavy atom. The maximum Gasteiger partial charge on any atom is 0.293 e. The minimum Gasteiger partial charge on any atom is -0.495 e. The number of hydrogen-bond acceptors (Lipinski definition) is 6. The number of carbonyl (C=O) groups is 3. The second kappa shape index (κ2) is 11.1. The largest absolute Gasteiger partial charge is 0.495 e. The summed E-state index contributed by atoms with van der Waals surface area (Å²) in [6.45, 7) is 2.59. The van der Waals surface area contributed by atoms with Gasteiger partial charge in [0, 0.05) is 31.7 Å². The van der Waals surface area contributed by atoms with Crippen molar-refractivity contribution < 1.29 is 23.5 Å². The number of anilines is 1. The van der Waals surface area contributed by atoms with Crippen LogP contribution in [0, 0.1) is 5.82 Å². The van der Waals surface area contributed by atoms with Gasteiger partial charge in [0.1, 0.15) is 11.6 Å². The molecule has 0 atom stereocenters. The highest BCUT2D eigenvalue weighted by Gasteiger charge is 2.35. The summed E-state index contributed by atoms with van der Waals surface area (Å²) < 4.78 is 18.7. The molecule has 2 saturated heterocycles. The highest BCUT2D eigenvalue weighted by Crippen LogP contribution is 2.33. The van der Waals surface area contributed by atoms with Crippen molar-refractivity contribution in [2.45, 2.75) is 6.54 Å². The highest BCUT2D eigenvalue weighted by molar-refractivity contribution is 8.18. The molecule has 2 fully saturated rings. The number of benzene rings is 3. The second-order valence-electron chi connectivity index (χ2n) is 8.97. The van der Waals surface area contributed by atoms with E-state index in [0.717, 1.165) is 28.1 Å². The van der Waals surface area contributed by atoms with E-state index in [-0.39, 0.29) is 28.4 Å². The van der Waals surface area contributed by atoms with E-state index in [1.54, 1.807) is 49.6 Å². The lowest BCUT2D eigenvalue weighted by atomic mass is 10.1. The fourth-order valence-electron chi connectivity index (χ4n) is 4.55. The van der Waals surface area contributed by atoms with E-state index in [2.05, 4.69) is 4.90 Å². The molecule has 9 heteroatoms. The van der Waals surface area contributed by atoms with Gasteiger partial charge in [-0.3, -0.25) is 19.3 Å². The molecule has 7 nitrogen and oxygen atoms in total. The van der Waals surface area contributed by atoms with E-state index in [1.807, 2.05) is 29.2 Å². The Kier molecular flexibility index (Phi) is 7.46. The average molecular weight is 532 g/mol. The van der Waals surface area contributed by atoms with E-state index < -0.39 is 5.91 Å². The van der Waals surface area contributed by atoms with E-state index in [0.29, 0.717) is 42.9 Å². The lowest BCUT2D eigenvalue weighted by molar-refractivity contribution is -0.123. The average Bonchev–Trinajstić information content (AvgIpc) is 3.21. The molecule has 38 heavy (non-hydrogen) atoms. The number of methoxy groups -OCH3 is 1. The fourth-order valence-corrected chi connectivity index (χ4v) is 5.38. The van der Waals surface area contributed by atoms with Crippen LogP contribution in [0.2, 0.25) is 0 Å². The Balaban J connectivity index is 1.25. The predicted octanol–water partition coefficient (Wildman–Crippen LogP) is 5.03. The highest BCUT2D eigenvalue weighted by atomic mass is 32.2. The molecule has 3 aromatic carbocycles. The molecule has 2 aliphatic heterocycles. The summed E-state index contributed by atoms with van der Waals surface area (Å²) in [5, 5.41) is -0.384. The van der Waals surface area contributed by atoms with Gasteiger partial charge < -0.3 is 14.5 Å². The topological polar surface area (TPSA) is 70.2 Å². The van der Waals surface area contributed by atoms with Gasteiger partial charge in [-0.25, -0.2) is 4.39 Å². The molecule has 2 heterocycles. The monoisotopic (exact) mass is 531 g/mol. The zero-order chi connectivity index (χ0) is 26.6. The number of thioether (sulfide) groups is 1. The molecule has 0 aromatic heterocycles. The predicted molar refractivity (Wildman–Crippen MR) is 145 cm³/mol. The molecule has 5 rings (SSSR count). The van der Waals surface area contributed by atoms with Crippen molar-refractivity contribution >= 4 is 40.6 Å². The van der Waals surface area contributed by atoms with Crippen LogP contribution >= 0.6 is 11.8 Å². The Bertz CT molecular complexity index is 1400. The second-order valence-corrected chi connectivity index (χ2v) is 9.96. The quantitative estimate of drug-likeness (QED) is 0.416. The summed E-state index contributed by atoms with van der Waals surface area (Å²) in [4.78, 5) is 44.1. The van der Waals surface area contributed by atoms with Crippen molar-refractivity contribution in [2.75, 3.05) is 38.2 Å². The van der Waals surface area contributed by atoms with Gasteiger partial charge in [-0.15, -0.1) is 0 Å². The van der Waals surface area contributed by atoms with Crippen LogP contribution in [0.15, 0.2) is 77.7 Å². The molecule has 0 radical (unpaired) electrons. The van der Waals surface area contributed by atoms with Gasteiger partial charge in [0.05, 0.1) is 24.2 Å². The van der Waals surface area contributed by atoms with Gasteiger partial charge in [-0.1, -0.05) is 36.4 Å². The standard InChI is InChI=1S/C29H26FN3O4S/c1-37-25-8-3-2-7-24(25)31-13-15-32(16-14-31)27(34)22-6-4-5-21(17-22)18-26-28(35)33(29(36)38-26)19-20-9-11-23(30)12-10-20/h2-12,17-18H,13-16,19H2,1H3. The molecular weight excluding hydrogens is 505 g/mol. The summed E-state index contributed by atoms with van der Waals surface area (Å²) in [6.07, 6.45) is 1.63. The first kappa shape index (κ1) is 25.5. The van der Waals surface area contributed by atoms with Crippen molar-refractivity contribution in [2.24, 2.45) is 0 Å². The number of halogens is 1. The fraction of sp³-hybridized carbons (Fsp3) is 0.207. The van der Waals surface area contributed by atoms with E-state index in [4.69, 9.17) is 4.74 Å². The van der Waals surface area contributed by atoms with Crippen molar-refractivity contribution in [3.8, 4) is 5.75 Å². The van der Waals surface area contributed by atoms with Crippen LogP contribution in [0.5, 0.6) is 5.75 Å². The lowest BCUT2D eigenvalue weighted by Gasteiger charge is -2.36. The zero-order valence-corrected chi connectivity index (χ0v) is 21.6. The van der Waals surface area contributed by atoms with E-state index in [9.17, 15) is 18.8 Å². The molecule has 3 amide bonds. The van der Waals surface area contributed by atoms with E-state index in [1.165, 1.54) is 12.1 Å². The van der Waals surface area contributed by atoms with Gasteiger partial charge in [0.25, 0.3) is 17.1 Å². The van der Waals surface area contributed by atoms with E-state index >= 15 is 0 Å². The Morgan fingerprint density at radius 3 is 2.45 bits per heavy atom. The molecule has 2 aliphatic rings. The number of carbonyl (C=O) groups excluding carboxylic acids is 3. The minimum absolute atomic E-state index is 0.0711. The number of imide groups is 1. The summed E-state index contributed by atoms with van der Waals surface area (Å²) in [5.41, 5.74) is 2.86. The van der Waals surface area contributed by atoms with Crippen LogP contribution in [0.3, 0.4) is 0 Å². The van der Waals surface area contributed by atoms with Crippen LogP contribution in [-0.4, -0.2) is 60.1 Å². The van der Waals surface area contributed by atoms with Gasteiger partial charge in [-0.2, -0.15) is 0 Å². The smallest absolute Gasteiger partial charge is 0.293 e. The Morgan fingerprint density at radius 2 is 1.71 bits per heavy atom. The normalized spacial score (nSPS) is 16.9. The van der Waals surface area contributed by atoms with Crippen LogP contribution < -0.4 is 9.64 Å². The minimum atomic E-state index is -0.409. The van der Waals surface area contributed by atoms with Gasteiger partial charge >= 0.3 is 0 Å². The van der Waals surface area contributed by atoms with Gasteiger partial charge in [0.15, 0.2) is 0 Å². The molecule has 0 unspecified atom stereocenters. The lowest BCUT2D eigenvalue weighted by Crippen LogP contribution is -2.48. The van der Waals surface area contributed by atoms with Crippen molar-refractivity contribution in [1.29, 1.82) is 0 Å². The Labute approximate surface area is 224 Å².